The normalized spacial score (nSPS) is 13.8. The van der Waals surface area contributed by atoms with Crippen LogP contribution in [0.15, 0.2) is 12.7 Å². The SMILES string of the molecule is C=CCS(=O)(=O)NC(CC(C)C)C(=O)O. The van der Waals surface area contributed by atoms with E-state index in [4.69, 9.17) is 5.11 Å². The first-order valence-electron chi connectivity index (χ1n) is 4.62. The Morgan fingerprint density at radius 3 is 2.40 bits per heavy atom. The highest BCUT2D eigenvalue weighted by molar-refractivity contribution is 7.89. The number of sulfonamides is 1. The Hall–Kier alpha value is -0.880. The molecule has 1 atom stereocenters. The van der Waals surface area contributed by atoms with Gasteiger partial charge in [-0.2, -0.15) is 0 Å². The van der Waals surface area contributed by atoms with Crippen LogP contribution in [-0.2, 0) is 14.8 Å². The van der Waals surface area contributed by atoms with Gasteiger partial charge in [-0.25, -0.2) is 13.1 Å². The monoisotopic (exact) mass is 235 g/mol. The Kier molecular flexibility index (Phi) is 5.53. The van der Waals surface area contributed by atoms with Gasteiger partial charge in [0, 0.05) is 0 Å². The predicted molar refractivity (Wildman–Crippen MR) is 58.0 cm³/mol. The maximum atomic E-state index is 11.3. The van der Waals surface area contributed by atoms with Crippen molar-refractivity contribution in [3.05, 3.63) is 12.7 Å². The van der Waals surface area contributed by atoms with Gasteiger partial charge in [0.05, 0.1) is 5.75 Å². The van der Waals surface area contributed by atoms with Crippen LogP contribution in [0.1, 0.15) is 20.3 Å². The van der Waals surface area contributed by atoms with Crippen LogP contribution >= 0.6 is 0 Å². The van der Waals surface area contributed by atoms with E-state index in [0.29, 0.717) is 0 Å². The summed E-state index contributed by atoms with van der Waals surface area (Å²) >= 11 is 0. The first kappa shape index (κ1) is 14.1. The molecule has 0 aliphatic heterocycles. The lowest BCUT2D eigenvalue weighted by Gasteiger charge is -2.15. The van der Waals surface area contributed by atoms with Crippen molar-refractivity contribution in [1.82, 2.24) is 4.72 Å². The Balaban J connectivity index is 4.54. The van der Waals surface area contributed by atoms with E-state index in [2.05, 4.69) is 11.3 Å². The summed E-state index contributed by atoms with van der Waals surface area (Å²) in [5.74, 6) is -1.32. The summed E-state index contributed by atoms with van der Waals surface area (Å²) in [4.78, 5) is 10.8. The molecule has 0 aliphatic carbocycles. The fourth-order valence-corrected chi connectivity index (χ4v) is 2.13. The number of carboxylic acids is 1. The second kappa shape index (κ2) is 5.87. The minimum Gasteiger partial charge on any atom is -0.480 e. The molecular formula is C9H17NO4S. The molecule has 0 saturated carbocycles. The van der Waals surface area contributed by atoms with Gasteiger partial charge < -0.3 is 5.11 Å². The topological polar surface area (TPSA) is 83.5 Å². The molecule has 88 valence electrons. The van der Waals surface area contributed by atoms with Gasteiger partial charge in [-0.3, -0.25) is 4.79 Å². The third-order valence-corrected chi connectivity index (χ3v) is 2.98. The number of hydrogen-bond acceptors (Lipinski definition) is 3. The van der Waals surface area contributed by atoms with Gasteiger partial charge in [0.25, 0.3) is 0 Å². The summed E-state index contributed by atoms with van der Waals surface area (Å²) in [6.45, 7) is 6.95. The van der Waals surface area contributed by atoms with E-state index < -0.39 is 22.0 Å². The van der Waals surface area contributed by atoms with E-state index >= 15 is 0 Å². The quantitative estimate of drug-likeness (QED) is 0.633. The zero-order chi connectivity index (χ0) is 12.1. The van der Waals surface area contributed by atoms with Gasteiger partial charge in [0.1, 0.15) is 6.04 Å². The molecule has 0 heterocycles. The van der Waals surface area contributed by atoms with E-state index in [1.165, 1.54) is 6.08 Å². The Morgan fingerprint density at radius 1 is 1.53 bits per heavy atom. The Bertz CT molecular complexity index is 321. The van der Waals surface area contributed by atoms with Gasteiger partial charge in [0.2, 0.25) is 10.0 Å². The smallest absolute Gasteiger partial charge is 0.321 e. The second-order valence-corrected chi connectivity index (χ2v) is 5.51. The van der Waals surface area contributed by atoms with Crippen molar-refractivity contribution in [3.63, 3.8) is 0 Å². The molecule has 0 aromatic carbocycles. The van der Waals surface area contributed by atoms with Crippen LogP contribution in [0.2, 0.25) is 0 Å². The van der Waals surface area contributed by atoms with Gasteiger partial charge in [-0.1, -0.05) is 19.9 Å². The van der Waals surface area contributed by atoms with E-state index in [9.17, 15) is 13.2 Å². The number of nitrogens with one attached hydrogen (secondary N) is 1. The number of carbonyl (C=O) groups is 1. The number of aliphatic carboxylic acids is 1. The number of hydrogen-bond donors (Lipinski definition) is 2. The van der Waals surface area contributed by atoms with Crippen LogP contribution in [0.3, 0.4) is 0 Å². The van der Waals surface area contributed by atoms with Crippen molar-refractivity contribution >= 4 is 16.0 Å². The Morgan fingerprint density at radius 2 is 2.07 bits per heavy atom. The van der Waals surface area contributed by atoms with E-state index in [-0.39, 0.29) is 18.1 Å². The first-order valence-corrected chi connectivity index (χ1v) is 6.27. The average Bonchev–Trinajstić information content (AvgIpc) is 2.00. The highest BCUT2D eigenvalue weighted by Gasteiger charge is 2.23. The molecule has 0 rings (SSSR count). The zero-order valence-electron chi connectivity index (χ0n) is 8.93. The van der Waals surface area contributed by atoms with Crippen molar-refractivity contribution in [2.24, 2.45) is 5.92 Å². The molecule has 0 aromatic rings. The van der Waals surface area contributed by atoms with Gasteiger partial charge >= 0.3 is 5.97 Å². The summed E-state index contributed by atoms with van der Waals surface area (Å²) in [6.07, 6.45) is 1.49. The maximum absolute atomic E-state index is 11.3. The maximum Gasteiger partial charge on any atom is 0.321 e. The van der Waals surface area contributed by atoms with Crippen LogP contribution in [0.5, 0.6) is 0 Å². The third-order valence-electron chi connectivity index (χ3n) is 1.66. The summed E-state index contributed by atoms with van der Waals surface area (Å²) in [6, 6.07) is -1.06. The molecule has 5 nitrogen and oxygen atoms in total. The fraction of sp³-hybridized carbons (Fsp3) is 0.667. The van der Waals surface area contributed by atoms with Crippen molar-refractivity contribution in [2.45, 2.75) is 26.3 Å². The minimum atomic E-state index is -3.57. The molecule has 6 heteroatoms. The lowest BCUT2D eigenvalue weighted by Crippen LogP contribution is -2.42. The van der Waals surface area contributed by atoms with Crippen LogP contribution in [0, 0.1) is 5.92 Å². The molecule has 0 radical (unpaired) electrons. The van der Waals surface area contributed by atoms with Crippen molar-refractivity contribution < 1.29 is 18.3 Å². The molecule has 0 aliphatic rings. The second-order valence-electron chi connectivity index (χ2n) is 3.71. The molecule has 0 amide bonds. The largest absolute Gasteiger partial charge is 0.480 e. The summed E-state index contributed by atoms with van der Waals surface area (Å²) in [7, 11) is -3.57. The first-order chi connectivity index (χ1) is 6.78. The summed E-state index contributed by atoms with van der Waals surface area (Å²) < 4.78 is 24.7. The summed E-state index contributed by atoms with van der Waals surface area (Å²) in [5, 5.41) is 8.80. The van der Waals surface area contributed by atoms with Crippen molar-refractivity contribution in [1.29, 1.82) is 0 Å². The van der Waals surface area contributed by atoms with Crippen molar-refractivity contribution in [2.75, 3.05) is 5.75 Å². The van der Waals surface area contributed by atoms with Gasteiger partial charge in [0.15, 0.2) is 0 Å². The lowest BCUT2D eigenvalue weighted by molar-refractivity contribution is -0.139. The molecule has 15 heavy (non-hydrogen) atoms. The zero-order valence-corrected chi connectivity index (χ0v) is 9.75. The molecule has 0 fully saturated rings. The molecule has 0 spiro atoms. The standard InChI is InChI=1S/C9H17NO4S/c1-4-5-15(13,14)10-8(9(11)12)6-7(2)3/h4,7-8,10H,1,5-6H2,2-3H3,(H,11,12). The third kappa shape index (κ3) is 6.24. The lowest BCUT2D eigenvalue weighted by atomic mass is 10.1. The van der Waals surface area contributed by atoms with Crippen molar-refractivity contribution in [3.8, 4) is 0 Å². The van der Waals surface area contributed by atoms with E-state index in [1.807, 2.05) is 13.8 Å². The molecular weight excluding hydrogens is 218 g/mol. The fourth-order valence-electron chi connectivity index (χ4n) is 1.09. The molecule has 0 saturated heterocycles. The number of carboxylic acid groups (broad SMARTS) is 1. The molecule has 1 unspecified atom stereocenters. The van der Waals surface area contributed by atoms with Gasteiger partial charge in [-0.05, 0) is 12.3 Å². The average molecular weight is 235 g/mol. The molecule has 0 aromatic heterocycles. The minimum absolute atomic E-state index is 0.109. The van der Waals surface area contributed by atoms with Crippen LogP contribution in [-0.4, -0.2) is 31.3 Å². The molecule has 0 bridgehead atoms. The van der Waals surface area contributed by atoms with E-state index in [0.717, 1.165) is 0 Å². The van der Waals surface area contributed by atoms with Crippen LogP contribution < -0.4 is 4.72 Å². The van der Waals surface area contributed by atoms with Crippen LogP contribution in [0.4, 0.5) is 0 Å². The summed E-state index contributed by atoms with van der Waals surface area (Å²) in [5.41, 5.74) is 0. The number of rotatable bonds is 7. The highest BCUT2D eigenvalue weighted by atomic mass is 32.2. The highest BCUT2D eigenvalue weighted by Crippen LogP contribution is 2.06. The van der Waals surface area contributed by atoms with Gasteiger partial charge in [-0.15, -0.1) is 6.58 Å². The Labute approximate surface area is 90.2 Å². The van der Waals surface area contributed by atoms with Crippen LogP contribution in [0.25, 0.3) is 0 Å². The predicted octanol–water partition coefficient (Wildman–Crippen LogP) is 0.591. The molecule has 2 N–H and O–H groups in total. The van der Waals surface area contributed by atoms with E-state index in [1.54, 1.807) is 0 Å².